The van der Waals surface area contributed by atoms with Gasteiger partial charge in [0, 0.05) is 5.56 Å². The molecule has 1 rings (SSSR count). The third-order valence-corrected chi connectivity index (χ3v) is 1.97. The molecule has 0 aliphatic carbocycles. The molecule has 1 N–H and O–H groups in total. The van der Waals surface area contributed by atoms with Crippen LogP contribution in [0.5, 0.6) is 0 Å². The first-order chi connectivity index (χ1) is 7.00. The molecule has 0 aliphatic rings. The van der Waals surface area contributed by atoms with Crippen LogP contribution < -0.4 is 5.32 Å². The summed E-state index contributed by atoms with van der Waals surface area (Å²) in [5.41, 5.74) is 0.225. The van der Waals surface area contributed by atoms with E-state index < -0.39 is 11.7 Å². The van der Waals surface area contributed by atoms with Crippen molar-refractivity contribution in [3.63, 3.8) is 0 Å². The number of rotatable bonds is 3. The van der Waals surface area contributed by atoms with E-state index in [0.717, 1.165) is 6.07 Å². The number of hydrogen-bond acceptors (Lipinski definition) is 2. The summed E-state index contributed by atoms with van der Waals surface area (Å²) >= 11 is 5.50. The molecule has 1 aromatic carbocycles. The Bertz CT molecular complexity index is 406. The molecule has 0 heterocycles. The van der Waals surface area contributed by atoms with Crippen molar-refractivity contribution in [2.45, 2.75) is 6.92 Å². The van der Waals surface area contributed by atoms with Crippen LogP contribution in [0.15, 0.2) is 18.2 Å². The highest BCUT2D eigenvalue weighted by Gasteiger charge is 2.08. The summed E-state index contributed by atoms with van der Waals surface area (Å²) in [4.78, 5) is 22.0. The molecule has 1 aromatic rings. The summed E-state index contributed by atoms with van der Waals surface area (Å²) in [5, 5.41) is 2.26. The molecular weight excluding hydrogens is 221 g/mol. The van der Waals surface area contributed by atoms with Crippen LogP contribution in [0.2, 0.25) is 5.02 Å². The second kappa shape index (κ2) is 4.89. The van der Waals surface area contributed by atoms with Gasteiger partial charge in [0.2, 0.25) is 0 Å². The molecule has 1 amide bonds. The van der Waals surface area contributed by atoms with Crippen LogP contribution in [-0.2, 0) is 4.79 Å². The van der Waals surface area contributed by atoms with Gasteiger partial charge in [0.15, 0.2) is 0 Å². The average Bonchev–Trinajstić information content (AvgIpc) is 2.18. The number of carbonyl (C=O) groups is 2. The highest BCUT2D eigenvalue weighted by molar-refractivity contribution is 6.31. The fraction of sp³-hybridized carbons (Fsp3) is 0.200. The highest BCUT2D eigenvalue weighted by atomic mass is 35.5. The van der Waals surface area contributed by atoms with Gasteiger partial charge in [-0.15, -0.1) is 0 Å². The minimum atomic E-state index is -0.584. The Hall–Kier alpha value is -1.42. The topological polar surface area (TPSA) is 46.2 Å². The number of hydrogen-bond donors (Lipinski definition) is 1. The van der Waals surface area contributed by atoms with Crippen LogP contribution >= 0.6 is 11.6 Å². The van der Waals surface area contributed by atoms with Crippen molar-refractivity contribution in [1.82, 2.24) is 5.32 Å². The lowest BCUT2D eigenvalue weighted by molar-refractivity contribution is -0.116. The third kappa shape index (κ3) is 3.32. The summed E-state index contributed by atoms with van der Waals surface area (Å²) in [6.07, 6.45) is 0. The van der Waals surface area contributed by atoms with Gasteiger partial charge in [0.25, 0.3) is 5.91 Å². The molecule has 80 valence electrons. The summed E-state index contributed by atoms with van der Waals surface area (Å²) in [6.45, 7) is 1.31. The molecule has 0 spiro atoms. The number of amides is 1. The lowest BCUT2D eigenvalue weighted by atomic mass is 10.2. The lowest BCUT2D eigenvalue weighted by Gasteiger charge is -2.03. The summed E-state index contributed by atoms with van der Waals surface area (Å²) in [5.74, 6) is -1.19. The minimum absolute atomic E-state index is 0.0478. The van der Waals surface area contributed by atoms with E-state index in [9.17, 15) is 14.0 Å². The van der Waals surface area contributed by atoms with Crippen LogP contribution in [0.3, 0.4) is 0 Å². The van der Waals surface area contributed by atoms with Gasteiger partial charge in [0.05, 0.1) is 11.6 Å². The Morgan fingerprint density at radius 3 is 2.67 bits per heavy atom. The van der Waals surface area contributed by atoms with Gasteiger partial charge >= 0.3 is 0 Å². The second-order valence-corrected chi connectivity index (χ2v) is 3.42. The normalized spacial score (nSPS) is 9.80. The van der Waals surface area contributed by atoms with Gasteiger partial charge in [0.1, 0.15) is 11.6 Å². The predicted octanol–water partition coefficient (Wildman–Crippen LogP) is 1.80. The molecule has 0 bridgehead atoms. The zero-order valence-corrected chi connectivity index (χ0v) is 8.77. The maximum absolute atomic E-state index is 12.8. The summed E-state index contributed by atoms with van der Waals surface area (Å²) in [6, 6.07) is 3.62. The standard InChI is InChI=1S/C10H9ClFNO2/c1-6(14)5-13-10(15)7-2-3-9(12)8(11)4-7/h2-4H,5H2,1H3,(H,13,15). The van der Waals surface area contributed by atoms with Crippen molar-refractivity contribution in [2.75, 3.05) is 6.54 Å². The maximum Gasteiger partial charge on any atom is 0.251 e. The van der Waals surface area contributed by atoms with Crippen LogP contribution in [-0.4, -0.2) is 18.2 Å². The molecule has 0 saturated carbocycles. The van der Waals surface area contributed by atoms with Crippen LogP contribution in [0, 0.1) is 5.82 Å². The summed E-state index contributed by atoms with van der Waals surface area (Å²) < 4.78 is 12.8. The Labute approximate surface area is 91.2 Å². The molecule has 15 heavy (non-hydrogen) atoms. The predicted molar refractivity (Wildman–Crippen MR) is 54.4 cm³/mol. The van der Waals surface area contributed by atoms with Crippen molar-refractivity contribution in [3.8, 4) is 0 Å². The Morgan fingerprint density at radius 2 is 2.13 bits per heavy atom. The fourth-order valence-corrected chi connectivity index (χ4v) is 1.12. The van der Waals surface area contributed by atoms with E-state index in [1.807, 2.05) is 0 Å². The Balaban J connectivity index is 2.74. The lowest BCUT2D eigenvalue weighted by Crippen LogP contribution is -2.28. The molecule has 5 heteroatoms. The first-order valence-electron chi connectivity index (χ1n) is 4.23. The fourth-order valence-electron chi connectivity index (χ4n) is 0.944. The second-order valence-electron chi connectivity index (χ2n) is 3.01. The Morgan fingerprint density at radius 1 is 1.47 bits per heavy atom. The minimum Gasteiger partial charge on any atom is -0.345 e. The quantitative estimate of drug-likeness (QED) is 0.859. The first kappa shape index (κ1) is 11.7. The number of benzene rings is 1. The monoisotopic (exact) mass is 229 g/mol. The number of nitrogens with one attached hydrogen (secondary N) is 1. The molecule has 0 aromatic heterocycles. The van der Waals surface area contributed by atoms with Gasteiger partial charge < -0.3 is 5.32 Å². The van der Waals surface area contributed by atoms with Crippen LogP contribution in [0.4, 0.5) is 4.39 Å². The van der Waals surface area contributed by atoms with E-state index in [2.05, 4.69) is 5.32 Å². The van der Waals surface area contributed by atoms with Gasteiger partial charge in [-0.2, -0.15) is 0 Å². The average molecular weight is 230 g/mol. The smallest absolute Gasteiger partial charge is 0.251 e. The number of Topliss-reactive ketones (excluding diaryl/α,β-unsaturated/α-hetero) is 1. The van der Waals surface area contributed by atoms with Gasteiger partial charge in [-0.25, -0.2) is 4.39 Å². The zero-order chi connectivity index (χ0) is 11.4. The Kier molecular flexibility index (Phi) is 3.80. The number of halogens is 2. The highest BCUT2D eigenvalue weighted by Crippen LogP contribution is 2.15. The van der Waals surface area contributed by atoms with Crippen molar-refractivity contribution in [1.29, 1.82) is 0 Å². The van der Waals surface area contributed by atoms with Gasteiger partial charge in [-0.05, 0) is 25.1 Å². The molecule has 0 radical (unpaired) electrons. The summed E-state index contributed by atoms with van der Waals surface area (Å²) in [7, 11) is 0. The maximum atomic E-state index is 12.8. The van der Waals surface area contributed by atoms with Crippen LogP contribution in [0.1, 0.15) is 17.3 Å². The van der Waals surface area contributed by atoms with Gasteiger partial charge in [-0.1, -0.05) is 11.6 Å². The van der Waals surface area contributed by atoms with E-state index in [1.54, 1.807) is 0 Å². The van der Waals surface area contributed by atoms with Crippen molar-refractivity contribution in [3.05, 3.63) is 34.6 Å². The SMILES string of the molecule is CC(=O)CNC(=O)c1ccc(F)c(Cl)c1. The number of ketones is 1. The van der Waals surface area contributed by atoms with E-state index >= 15 is 0 Å². The molecule has 3 nitrogen and oxygen atoms in total. The molecule has 0 unspecified atom stereocenters. The molecule has 0 fully saturated rings. The van der Waals surface area contributed by atoms with E-state index in [1.165, 1.54) is 19.1 Å². The van der Waals surface area contributed by atoms with E-state index in [-0.39, 0.29) is 22.9 Å². The molecule has 0 aliphatic heterocycles. The number of carbonyl (C=O) groups excluding carboxylic acids is 2. The van der Waals surface area contributed by atoms with E-state index in [0.29, 0.717) is 0 Å². The third-order valence-electron chi connectivity index (χ3n) is 1.68. The van der Waals surface area contributed by atoms with Crippen molar-refractivity contribution in [2.24, 2.45) is 0 Å². The molecule has 0 saturated heterocycles. The molecule has 0 atom stereocenters. The first-order valence-corrected chi connectivity index (χ1v) is 4.61. The zero-order valence-electron chi connectivity index (χ0n) is 8.01. The van der Waals surface area contributed by atoms with Gasteiger partial charge in [-0.3, -0.25) is 9.59 Å². The van der Waals surface area contributed by atoms with Crippen LogP contribution in [0.25, 0.3) is 0 Å². The molecular formula is C10H9ClFNO2. The largest absolute Gasteiger partial charge is 0.345 e. The van der Waals surface area contributed by atoms with E-state index in [4.69, 9.17) is 11.6 Å². The van der Waals surface area contributed by atoms with Crippen molar-refractivity contribution >= 4 is 23.3 Å². The van der Waals surface area contributed by atoms with Crippen molar-refractivity contribution < 1.29 is 14.0 Å².